The first-order chi connectivity index (χ1) is 17.8. The van der Waals surface area contributed by atoms with Gasteiger partial charge in [-0.25, -0.2) is 9.18 Å². The number of morpholine rings is 1. The van der Waals surface area contributed by atoms with E-state index in [1.807, 2.05) is 13.8 Å². The summed E-state index contributed by atoms with van der Waals surface area (Å²) in [5.74, 6) is -0.432. The largest absolute Gasteiger partial charge is 0.378 e. The van der Waals surface area contributed by atoms with Crippen molar-refractivity contribution >= 4 is 17.5 Å². The van der Waals surface area contributed by atoms with E-state index in [2.05, 4.69) is 15.3 Å². The van der Waals surface area contributed by atoms with Crippen LogP contribution in [0.4, 0.5) is 4.39 Å². The number of carbonyl (C=O) groups is 1. The molecule has 2 fully saturated rings. The first-order valence-corrected chi connectivity index (χ1v) is 13.1. The monoisotopic (exact) mass is 527 g/mol. The van der Waals surface area contributed by atoms with Crippen molar-refractivity contribution in [3.05, 3.63) is 69.4 Å². The van der Waals surface area contributed by atoms with Gasteiger partial charge in [0, 0.05) is 41.3 Å². The smallest absolute Gasteiger partial charge is 0.351 e. The zero-order chi connectivity index (χ0) is 26.1. The summed E-state index contributed by atoms with van der Waals surface area (Å²) in [5.41, 5.74) is 0.932. The van der Waals surface area contributed by atoms with Crippen LogP contribution in [0.25, 0.3) is 17.1 Å². The van der Waals surface area contributed by atoms with Crippen molar-refractivity contribution in [1.29, 1.82) is 0 Å². The van der Waals surface area contributed by atoms with E-state index < -0.39 is 5.69 Å². The number of nitrogens with zero attached hydrogens (tertiary/aromatic N) is 4. The molecule has 5 rings (SSSR count). The van der Waals surface area contributed by atoms with Crippen LogP contribution in [0.5, 0.6) is 0 Å². The van der Waals surface area contributed by atoms with Gasteiger partial charge in [-0.3, -0.25) is 14.3 Å². The van der Waals surface area contributed by atoms with E-state index >= 15 is 4.39 Å². The van der Waals surface area contributed by atoms with Gasteiger partial charge in [0.1, 0.15) is 12.4 Å². The Morgan fingerprint density at radius 1 is 1.19 bits per heavy atom. The van der Waals surface area contributed by atoms with Crippen molar-refractivity contribution in [3.8, 4) is 17.1 Å². The summed E-state index contributed by atoms with van der Waals surface area (Å²) in [7, 11) is 0. The maximum atomic E-state index is 15.2. The Balaban J connectivity index is 1.42. The molecule has 2 aliphatic rings. The lowest BCUT2D eigenvalue weighted by atomic mass is 10.1. The Kier molecular flexibility index (Phi) is 7.46. The molecule has 0 radical (unpaired) electrons. The van der Waals surface area contributed by atoms with E-state index in [-0.39, 0.29) is 30.1 Å². The molecule has 2 aliphatic heterocycles. The third kappa shape index (κ3) is 5.49. The molecule has 1 amide bonds. The minimum Gasteiger partial charge on any atom is -0.378 e. The first kappa shape index (κ1) is 25.6. The molecule has 196 valence electrons. The van der Waals surface area contributed by atoms with Gasteiger partial charge >= 0.3 is 5.69 Å². The van der Waals surface area contributed by atoms with Crippen LogP contribution in [0, 0.1) is 5.82 Å². The van der Waals surface area contributed by atoms with Crippen LogP contribution in [0.2, 0.25) is 5.02 Å². The van der Waals surface area contributed by atoms with Crippen LogP contribution >= 0.6 is 11.6 Å². The molecule has 2 aromatic carbocycles. The van der Waals surface area contributed by atoms with Gasteiger partial charge < -0.3 is 10.1 Å². The number of halogens is 2. The zero-order valence-corrected chi connectivity index (χ0v) is 21.7. The number of hydrogen-bond acceptors (Lipinski definition) is 5. The first-order valence-electron chi connectivity index (χ1n) is 12.7. The summed E-state index contributed by atoms with van der Waals surface area (Å²) in [5, 5.41) is 7.75. The van der Waals surface area contributed by atoms with Crippen molar-refractivity contribution in [3.63, 3.8) is 0 Å². The normalized spacial score (nSPS) is 19.5. The van der Waals surface area contributed by atoms with Crippen LogP contribution in [0.1, 0.15) is 32.3 Å². The van der Waals surface area contributed by atoms with Crippen LogP contribution < -0.4 is 11.0 Å². The predicted octanol–water partition coefficient (Wildman–Crippen LogP) is 3.42. The average molecular weight is 528 g/mol. The average Bonchev–Trinajstić information content (AvgIpc) is 3.28. The molecule has 2 saturated heterocycles. The Hall–Kier alpha value is -3.01. The molecule has 3 aromatic rings. The molecule has 3 heterocycles. The van der Waals surface area contributed by atoms with Gasteiger partial charge in [-0.2, -0.15) is 4.68 Å². The number of nitrogens with one attached hydrogen (secondary N) is 1. The molecular weight excluding hydrogens is 497 g/mol. The second-order valence-electron chi connectivity index (χ2n) is 10.0. The highest BCUT2D eigenvalue weighted by Gasteiger charge is 2.36. The van der Waals surface area contributed by atoms with E-state index in [1.54, 1.807) is 36.4 Å². The molecule has 10 heteroatoms. The van der Waals surface area contributed by atoms with E-state index in [1.165, 1.54) is 10.6 Å². The van der Waals surface area contributed by atoms with Crippen molar-refractivity contribution in [2.45, 2.75) is 57.8 Å². The van der Waals surface area contributed by atoms with Gasteiger partial charge in [-0.15, -0.1) is 5.10 Å². The second-order valence-corrected chi connectivity index (χ2v) is 10.5. The summed E-state index contributed by atoms with van der Waals surface area (Å²) in [6, 6.07) is 12.4. The number of ether oxygens (including phenoxy) is 1. The standard InChI is InChI=1S/C27H31ClFN5O3/c1-17(2)30-25(35)14-33-26(19-4-3-5-20(28)12-19)31-34(27(33)36)21-7-6-18(24(29)13-21)10-11-32-22-8-9-23(32)16-37-15-22/h3-7,12-13,17,22-23H,8-11,14-16H2,1-2H3,(H,30,35). The lowest BCUT2D eigenvalue weighted by molar-refractivity contribution is -0.122. The number of amides is 1. The maximum Gasteiger partial charge on any atom is 0.351 e. The van der Waals surface area contributed by atoms with Crippen LogP contribution in [0.15, 0.2) is 47.3 Å². The fraction of sp³-hybridized carbons (Fsp3) is 0.444. The fourth-order valence-corrected chi connectivity index (χ4v) is 5.45. The van der Waals surface area contributed by atoms with Gasteiger partial charge in [-0.1, -0.05) is 29.8 Å². The number of aromatic nitrogens is 3. The second kappa shape index (κ2) is 10.8. The zero-order valence-electron chi connectivity index (χ0n) is 21.0. The van der Waals surface area contributed by atoms with E-state index in [4.69, 9.17) is 16.3 Å². The fourth-order valence-electron chi connectivity index (χ4n) is 5.26. The lowest BCUT2D eigenvalue weighted by Gasteiger charge is -2.34. The van der Waals surface area contributed by atoms with Gasteiger partial charge in [0.05, 0.1) is 18.9 Å². The molecular formula is C27H31ClFN5O3. The quantitative estimate of drug-likeness (QED) is 0.485. The van der Waals surface area contributed by atoms with Crippen LogP contribution in [-0.4, -0.2) is 63.0 Å². The highest BCUT2D eigenvalue weighted by atomic mass is 35.5. The predicted molar refractivity (Wildman–Crippen MR) is 140 cm³/mol. The Morgan fingerprint density at radius 2 is 1.95 bits per heavy atom. The molecule has 1 N–H and O–H groups in total. The Morgan fingerprint density at radius 3 is 2.62 bits per heavy atom. The lowest BCUT2D eigenvalue weighted by Crippen LogP contribution is -2.46. The van der Waals surface area contributed by atoms with Gasteiger partial charge in [0.25, 0.3) is 0 Å². The molecule has 0 saturated carbocycles. The SMILES string of the molecule is CC(C)NC(=O)Cn1c(-c2cccc(Cl)c2)nn(-c2ccc(CCN3C4CCC3COC4)c(F)c2)c1=O. The number of carbonyl (C=O) groups excluding carboxylic acids is 1. The number of rotatable bonds is 8. The van der Waals surface area contributed by atoms with Crippen molar-refractivity contribution in [1.82, 2.24) is 24.6 Å². The number of fused-ring (bicyclic) bond motifs is 2. The third-order valence-corrected chi connectivity index (χ3v) is 7.24. The van der Waals surface area contributed by atoms with Crippen LogP contribution in [-0.2, 0) is 22.5 Å². The van der Waals surface area contributed by atoms with Crippen molar-refractivity contribution in [2.24, 2.45) is 0 Å². The highest BCUT2D eigenvalue weighted by Crippen LogP contribution is 2.29. The van der Waals surface area contributed by atoms with E-state index in [0.717, 1.165) is 37.3 Å². The minimum absolute atomic E-state index is 0.0813. The number of benzene rings is 2. The van der Waals surface area contributed by atoms with Crippen LogP contribution in [0.3, 0.4) is 0 Å². The molecule has 0 spiro atoms. The summed E-state index contributed by atoms with van der Waals surface area (Å²) in [4.78, 5) is 28.3. The number of hydrogen-bond donors (Lipinski definition) is 1. The summed E-state index contributed by atoms with van der Waals surface area (Å²) in [6.07, 6.45) is 2.83. The molecule has 37 heavy (non-hydrogen) atoms. The van der Waals surface area contributed by atoms with Gasteiger partial charge in [0.15, 0.2) is 5.82 Å². The van der Waals surface area contributed by atoms with Gasteiger partial charge in [-0.05, 0) is 56.9 Å². The van der Waals surface area contributed by atoms with E-state index in [0.29, 0.717) is 40.3 Å². The third-order valence-electron chi connectivity index (χ3n) is 7.01. The molecule has 0 aliphatic carbocycles. The topological polar surface area (TPSA) is 81.4 Å². The molecule has 8 nitrogen and oxygen atoms in total. The van der Waals surface area contributed by atoms with Gasteiger partial charge in [0.2, 0.25) is 5.91 Å². The summed E-state index contributed by atoms with van der Waals surface area (Å²) < 4.78 is 23.2. The van der Waals surface area contributed by atoms with Crippen molar-refractivity contribution < 1.29 is 13.9 Å². The molecule has 2 unspecified atom stereocenters. The van der Waals surface area contributed by atoms with E-state index in [9.17, 15) is 9.59 Å². The maximum absolute atomic E-state index is 15.2. The minimum atomic E-state index is -0.536. The molecule has 2 bridgehead atoms. The summed E-state index contributed by atoms with van der Waals surface area (Å²) in [6.45, 7) is 5.72. The summed E-state index contributed by atoms with van der Waals surface area (Å²) >= 11 is 6.17. The highest BCUT2D eigenvalue weighted by molar-refractivity contribution is 6.30. The Labute approximate surface area is 220 Å². The molecule has 1 aromatic heterocycles. The van der Waals surface area contributed by atoms with Crippen molar-refractivity contribution in [2.75, 3.05) is 19.8 Å². The Bertz CT molecular complexity index is 1340. The molecule has 2 atom stereocenters.